The van der Waals surface area contributed by atoms with Gasteiger partial charge in [-0.2, -0.15) is 0 Å². The number of aromatic nitrogens is 1. The first kappa shape index (κ1) is 16.4. The van der Waals surface area contributed by atoms with Crippen molar-refractivity contribution in [1.82, 2.24) is 15.6 Å². The second-order valence-corrected chi connectivity index (χ2v) is 5.73. The Kier molecular flexibility index (Phi) is 7.00. The molecule has 0 saturated heterocycles. The number of aryl methyl sites for hydroxylation is 1. The molecule has 0 aliphatic carbocycles. The van der Waals surface area contributed by atoms with Gasteiger partial charge in [-0.05, 0) is 19.8 Å². The summed E-state index contributed by atoms with van der Waals surface area (Å²) in [7, 11) is 0. The Morgan fingerprint density at radius 3 is 2.70 bits per heavy atom. The number of hydrogen-bond donors (Lipinski definition) is 3. The van der Waals surface area contributed by atoms with Gasteiger partial charge >= 0.3 is 12.0 Å². The summed E-state index contributed by atoms with van der Waals surface area (Å²) in [4.78, 5) is 26.4. The van der Waals surface area contributed by atoms with E-state index < -0.39 is 5.97 Å². The van der Waals surface area contributed by atoms with Gasteiger partial charge < -0.3 is 15.7 Å². The molecule has 0 saturated carbocycles. The summed E-state index contributed by atoms with van der Waals surface area (Å²) in [6.07, 6.45) is 1.94. The predicted molar refractivity (Wildman–Crippen MR) is 78.0 cm³/mol. The van der Waals surface area contributed by atoms with Crippen molar-refractivity contribution in [1.29, 1.82) is 0 Å². The second kappa shape index (κ2) is 8.52. The van der Waals surface area contributed by atoms with Gasteiger partial charge in [0.05, 0.1) is 16.6 Å². The lowest BCUT2D eigenvalue weighted by molar-refractivity contribution is -0.141. The molecule has 6 nitrogen and oxygen atoms in total. The molecule has 0 fully saturated rings. The van der Waals surface area contributed by atoms with Crippen LogP contribution in [0, 0.1) is 12.8 Å². The van der Waals surface area contributed by atoms with Crippen molar-refractivity contribution in [3.63, 3.8) is 0 Å². The van der Waals surface area contributed by atoms with Crippen LogP contribution in [0.5, 0.6) is 0 Å². The molecule has 0 aromatic carbocycles. The van der Waals surface area contributed by atoms with E-state index in [2.05, 4.69) is 15.6 Å². The maximum Gasteiger partial charge on any atom is 0.314 e. The van der Waals surface area contributed by atoms with Crippen LogP contribution in [-0.2, 0) is 11.2 Å². The van der Waals surface area contributed by atoms with E-state index >= 15 is 0 Å². The average molecular weight is 299 g/mol. The first-order chi connectivity index (χ1) is 9.49. The molecule has 0 radical (unpaired) electrons. The quantitative estimate of drug-likeness (QED) is 0.638. The Labute approximate surface area is 122 Å². The van der Waals surface area contributed by atoms with Crippen LogP contribution in [0.3, 0.4) is 0 Å². The van der Waals surface area contributed by atoms with Crippen molar-refractivity contribution in [3.8, 4) is 0 Å². The van der Waals surface area contributed by atoms with Crippen LogP contribution in [0.25, 0.3) is 0 Å². The number of hydrogen-bond acceptors (Lipinski definition) is 4. The molecular formula is C13H21N3O3S. The van der Waals surface area contributed by atoms with Gasteiger partial charge in [0.2, 0.25) is 0 Å². The van der Waals surface area contributed by atoms with Gasteiger partial charge in [-0.1, -0.05) is 6.92 Å². The lowest BCUT2D eigenvalue weighted by atomic mass is 10.1. The number of carbonyl (C=O) groups is 2. The molecule has 7 heteroatoms. The molecule has 1 aromatic heterocycles. The van der Waals surface area contributed by atoms with Crippen LogP contribution in [0.1, 0.15) is 30.5 Å². The fourth-order valence-electron chi connectivity index (χ4n) is 1.62. The summed E-state index contributed by atoms with van der Waals surface area (Å²) in [6, 6.07) is -0.222. The van der Waals surface area contributed by atoms with Gasteiger partial charge in [-0.15, -0.1) is 11.3 Å². The number of amides is 2. The van der Waals surface area contributed by atoms with E-state index in [9.17, 15) is 9.59 Å². The van der Waals surface area contributed by atoms with E-state index in [-0.39, 0.29) is 11.9 Å². The lowest BCUT2D eigenvalue weighted by Gasteiger charge is -2.08. The number of nitrogens with one attached hydrogen (secondary N) is 2. The summed E-state index contributed by atoms with van der Waals surface area (Å²) in [5, 5.41) is 17.2. The highest BCUT2D eigenvalue weighted by molar-refractivity contribution is 7.09. The molecule has 1 atom stereocenters. The first-order valence-electron chi connectivity index (χ1n) is 6.64. The smallest absolute Gasteiger partial charge is 0.314 e. The summed E-state index contributed by atoms with van der Waals surface area (Å²) >= 11 is 1.60. The van der Waals surface area contributed by atoms with Crippen LogP contribution in [0.2, 0.25) is 0 Å². The number of rotatable bonds is 8. The van der Waals surface area contributed by atoms with Crippen LogP contribution in [-0.4, -0.2) is 35.2 Å². The van der Waals surface area contributed by atoms with E-state index in [1.54, 1.807) is 18.3 Å². The molecule has 0 aliphatic heterocycles. The van der Waals surface area contributed by atoms with Crippen molar-refractivity contribution in [2.24, 2.45) is 5.92 Å². The average Bonchev–Trinajstić information content (AvgIpc) is 2.80. The van der Waals surface area contributed by atoms with E-state index in [0.717, 1.165) is 10.7 Å². The highest BCUT2D eigenvalue weighted by Crippen LogP contribution is 2.07. The van der Waals surface area contributed by atoms with Gasteiger partial charge in [-0.3, -0.25) is 4.79 Å². The van der Waals surface area contributed by atoms with Gasteiger partial charge in [-0.25, -0.2) is 9.78 Å². The minimum atomic E-state index is -0.798. The summed E-state index contributed by atoms with van der Waals surface area (Å²) < 4.78 is 0. The lowest BCUT2D eigenvalue weighted by Crippen LogP contribution is -2.37. The number of aliphatic carboxylic acids is 1. The Balaban J connectivity index is 2.04. The Morgan fingerprint density at radius 2 is 2.10 bits per heavy atom. The van der Waals surface area contributed by atoms with Gasteiger partial charge in [0, 0.05) is 24.9 Å². The Hall–Kier alpha value is -1.63. The Morgan fingerprint density at radius 1 is 1.40 bits per heavy atom. The topological polar surface area (TPSA) is 91.3 Å². The largest absolute Gasteiger partial charge is 0.481 e. The number of nitrogens with zero attached hydrogens (tertiary/aromatic N) is 1. The third kappa shape index (κ3) is 6.51. The number of thiazole rings is 1. The van der Waals surface area contributed by atoms with E-state index in [1.165, 1.54) is 0 Å². The zero-order valence-corrected chi connectivity index (χ0v) is 12.6. The first-order valence-corrected chi connectivity index (χ1v) is 7.52. The van der Waals surface area contributed by atoms with Crippen molar-refractivity contribution in [2.75, 3.05) is 13.1 Å². The van der Waals surface area contributed by atoms with Crippen LogP contribution >= 0.6 is 11.3 Å². The maximum atomic E-state index is 11.5. The van der Waals surface area contributed by atoms with Gasteiger partial charge in [0.15, 0.2) is 0 Å². The molecule has 2 amide bonds. The van der Waals surface area contributed by atoms with Crippen molar-refractivity contribution in [3.05, 3.63) is 16.1 Å². The highest BCUT2D eigenvalue weighted by atomic mass is 32.1. The molecule has 0 aliphatic rings. The van der Waals surface area contributed by atoms with Crippen molar-refractivity contribution in [2.45, 2.75) is 33.1 Å². The summed E-state index contributed by atoms with van der Waals surface area (Å²) in [5.41, 5.74) is 0.989. The molecule has 112 valence electrons. The van der Waals surface area contributed by atoms with Gasteiger partial charge in [0.1, 0.15) is 0 Å². The van der Waals surface area contributed by atoms with Gasteiger partial charge in [0.25, 0.3) is 0 Å². The molecule has 20 heavy (non-hydrogen) atoms. The normalized spacial score (nSPS) is 11.9. The number of carboxylic acid groups (broad SMARTS) is 1. The summed E-state index contributed by atoms with van der Waals surface area (Å²) in [6.45, 7) is 4.64. The number of urea groups is 1. The molecule has 0 bridgehead atoms. The third-order valence-electron chi connectivity index (χ3n) is 2.85. The minimum Gasteiger partial charge on any atom is -0.481 e. The SMILES string of the molecule is Cc1nc(CCNC(=O)NCCCC(C)C(=O)O)cs1. The fraction of sp³-hybridized carbons (Fsp3) is 0.615. The molecule has 1 aromatic rings. The molecule has 1 rings (SSSR count). The zero-order valence-electron chi connectivity index (χ0n) is 11.8. The van der Waals surface area contributed by atoms with Crippen LogP contribution in [0.4, 0.5) is 4.79 Å². The zero-order chi connectivity index (χ0) is 15.0. The maximum absolute atomic E-state index is 11.5. The number of carboxylic acids is 1. The van der Waals surface area contributed by atoms with Crippen molar-refractivity contribution < 1.29 is 14.7 Å². The summed E-state index contributed by atoms with van der Waals surface area (Å²) in [5.74, 6) is -1.17. The molecule has 0 spiro atoms. The highest BCUT2D eigenvalue weighted by Gasteiger charge is 2.10. The molecular weight excluding hydrogens is 278 g/mol. The molecule has 3 N–H and O–H groups in total. The van der Waals surface area contributed by atoms with Crippen LogP contribution < -0.4 is 10.6 Å². The monoisotopic (exact) mass is 299 g/mol. The fourth-order valence-corrected chi connectivity index (χ4v) is 2.27. The Bertz CT molecular complexity index is 448. The second-order valence-electron chi connectivity index (χ2n) is 4.67. The van der Waals surface area contributed by atoms with E-state index in [0.29, 0.717) is 32.4 Å². The molecule has 1 heterocycles. The van der Waals surface area contributed by atoms with E-state index in [4.69, 9.17) is 5.11 Å². The van der Waals surface area contributed by atoms with E-state index in [1.807, 2.05) is 12.3 Å². The van der Waals surface area contributed by atoms with Crippen molar-refractivity contribution >= 4 is 23.3 Å². The standard InChI is InChI=1S/C13H21N3O3S/c1-9(12(17)18)4-3-6-14-13(19)15-7-5-11-8-20-10(2)16-11/h8-9H,3-7H2,1-2H3,(H,17,18)(H2,14,15,19). The molecule has 1 unspecified atom stereocenters. The third-order valence-corrected chi connectivity index (χ3v) is 3.68. The van der Waals surface area contributed by atoms with Crippen LogP contribution in [0.15, 0.2) is 5.38 Å². The predicted octanol–water partition coefficient (Wildman–Crippen LogP) is 1.79. The minimum absolute atomic E-state index is 0.222. The number of carbonyl (C=O) groups excluding carboxylic acids is 1.